The predicted molar refractivity (Wildman–Crippen MR) is 82.8 cm³/mol. The van der Waals surface area contributed by atoms with E-state index < -0.39 is 5.97 Å². The first-order chi connectivity index (χ1) is 10.2. The molecule has 1 aromatic heterocycles. The molecule has 1 aromatic carbocycles. The fourth-order valence-corrected chi connectivity index (χ4v) is 3.46. The normalized spacial score (nSPS) is 19.5. The standard InChI is InChI=1S/C16H18N2O2S/c19-16(20)13-5-3-12(4-6-13)14-2-1-7-18(8-14)9-15-10-21-11-17-15/h3-6,10-11,14H,1-2,7-9H2,(H,19,20). The van der Waals surface area contributed by atoms with E-state index in [9.17, 15) is 4.79 Å². The maximum atomic E-state index is 10.9. The van der Waals surface area contributed by atoms with E-state index in [0.717, 1.165) is 25.3 Å². The maximum absolute atomic E-state index is 10.9. The van der Waals surface area contributed by atoms with Crippen molar-refractivity contribution in [3.05, 3.63) is 52.0 Å². The summed E-state index contributed by atoms with van der Waals surface area (Å²) < 4.78 is 0. The molecule has 0 spiro atoms. The Hall–Kier alpha value is -1.72. The van der Waals surface area contributed by atoms with Crippen molar-refractivity contribution in [1.29, 1.82) is 0 Å². The van der Waals surface area contributed by atoms with Crippen molar-refractivity contribution in [3.63, 3.8) is 0 Å². The molecule has 1 N–H and O–H groups in total. The second-order valence-electron chi connectivity index (χ2n) is 5.48. The van der Waals surface area contributed by atoms with Gasteiger partial charge in [-0.15, -0.1) is 11.3 Å². The first-order valence-corrected chi connectivity index (χ1v) is 8.09. The number of hydrogen-bond acceptors (Lipinski definition) is 4. The Balaban J connectivity index is 1.66. The van der Waals surface area contributed by atoms with E-state index in [1.165, 1.54) is 18.4 Å². The fraction of sp³-hybridized carbons (Fsp3) is 0.375. The molecule has 4 nitrogen and oxygen atoms in total. The van der Waals surface area contributed by atoms with Gasteiger partial charge in [0, 0.05) is 18.5 Å². The summed E-state index contributed by atoms with van der Waals surface area (Å²) in [4.78, 5) is 17.7. The van der Waals surface area contributed by atoms with Gasteiger partial charge in [-0.3, -0.25) is 4.90 Å². The monoisotopic (exact) mass is 302 g/mol. The van der Waals surface area contributed by atoms with Gasteiger partial charge in [0.25, 0.3) is 0 Å². The summed E-state index contributed by atoms with van der Waals surface area (Å²) >= 11 is 1.64. The van der Waals surface area contributed by atoms with E-state index in [0.29, 0.717) is 11.5 Å². The highest BCUT2D eigenvalue weighted by molar-refractivity contribution is 7.07. The van der Waals surface area contributed by atoms with Crippen LogP contribution in [0.5, 0.6) is 0 Å². The van der Waals surface area contributed by atoms with Crippen molar-refractivity contribution in [1.82, 2.24) is 9.88 Å². The number of benzene rings is 1. The van der Waals surface area contributed by atoms with Gasteiger partial charge in [-0.25, -0.2) is 9.78 Å². The fourth-order valence-electron chi connectivity index (χ4n) is 2.91. The third kappa shape index (κ3) is 3.49. The van der Waals surface area contributed by atoms with Crippen LogP contribution in [0.25, 0.3) is 0 Å². The number of hydrogen-bond donors (Lipinski definition) is 1. The molecule has 1 saturated heterocycles. The van der Waals surface area contributed by atoms with Crippen molar-refractivity contribution >= 4 is 17.3 Å². The number of piperidine rings is 1. The average molecular weight is 302 g/mol. The zero-order chi connectivity index (χ0) is 14.7. The minimum atomic E-state index is -0.865. The number of likely N-dealkylation sites (tertiary alicyclic amines) is 1. The molecule has 110 valence electrons. The van der Waals surface area contributed by atoms with Gasteiger partial charge >= 0.3 is 5.97 Å². The molecule has 5 heteroatoms. The number of thiazole rings is 1. The number of rotatable bonds is 4. The van der Waals surface area contributed by atoms with Gasteiger partial charge in [0.2, 0.25) is 0 Å². The average Bonchev–Trinajstić information content (AvgIpc) is 3.00. The highest BCUT2D eigenvalue weighted by atomic mass is 32.1. The predicted octanol–water partition coefficient (Wildman–Crippen LogP) is 3.22. The molecule has 3 rings (SSSR count). The van der Waals surface area contributed by atoms with Crippen LogP contribution in [-0.2, 0) is 6.54 Å². The third-order valence-electron chi connectivity index (χ3n) is 4.00. The maximum Gasteiger partial charge on any atom is 0.335 e. The molecule has 0 saturated carbocycles. The van der Waals surface area contributed by atoms with E-state index in [1.54, 1.807) is 23.5 Å². The summed E-state index contributed by atoms with van der Waals surface area (Å²) in [6.07, 6.45) is 2.34. The lowest BCUT2D eigenvalue weighted by atomic mass is 9.90. The van der Waals surface area contributed by atoms with Crippen LogP contribution in [0.15, 0.2) is 35.2 Å². The largest absolute Gasteiger partial charge is 0.478 e. The van der Waals surface area contributed by atoms with Crippen LogP contribution in [-0.4, -0.2) is 34.0 Å². The van der Waals surface area contributed by atoms with Crippen LogP contribution in [0, 0.1) is 0 Å². The Labute approximate surface area is 128 Å². The Morgan fingerprint density at radius 2 is 2.19 bits per heavy atom. The van der Waals surface area contributed by atoms with Crippen LogP contribution in [0.3, 0.4) is 0 Å². The Morgan fingerprint density at radius 3 is 2.86 bits per heavy atom. The number of aromatic nitrogens is 1. The number of carboxylic acid groups (broad SMARTS) is 1. The molecule has 0 aliphatic carbocycles. The topological polar surface area (TPSA) is 53.4 Å². The van der Waals surface area contributed by atoms with Crippen molar-refractivity contribution in [2.24, 2.45) is 0 Å². The Morgan fingerprint density at radius 1 is 1.38 bits per heavy atom. The van der Waals surface area contributed by atoms with Gasteiger partial charge in [0.05, 0.1) is 16.8 Å². The lowest BCUT2D eigenvalue weighted by molar-refractivity contribution is 0.0697. The lowest BCUT2D eigenvalue weighted by Crippen LogP contribution is -2.33. The van der Waals surface area contributed by atoms with E-state index >= 15 is 0 Å². The molecule has 0 amide bonds. The zero-order valence-corrected chi connectivity index (χ0v) is 12.6. The lowest BCUT2D eigenvalue weighted by Gasteiger charge is -2.32. The van der Waals surface area contributed by atoms with Crippen LogP contribution < -0.4 is 0 Å². The van der Waals surface area contributed by atoms with Crippen LogP contribution >= 0.6 is 11.3 Å². The van der Waals surface area contributed by atoms with Gasteiger partial charge in [-0.1, -0.05) is 12.1 Å². The minimum absolute atomic E-state index is 0.355. The second kappa shape index (κ2) is 6.37. The number of nitrogens with zero attached hydrogens (tertiary/aromatic N) is 2. The molecular formula is C16H18N2O2S. The zero-order valence-electron chi connectivity index (χ0n) is 11.7. The van der Waals surface area contributed by atoms with Crippen LogP contribution in [0.4, 0.5) is 0 Å². The highest BCUT2D eigenvalue weighted by Crippen LogP contribution is 2.28. The molecule has 2 aromatic rings. The van der Waals surface area contributed by atoms with Gasteiger partial charge in [0.1, 0.15) is 0 Å². The Kier molecular flexibility index (Phi) is 4.31. The summed E-state index contributed by atoms with van der Waals surface area (Å²) in [7, 11) is 0. The smallest absolute Gasteiger partial charge is 0.335 e. The third-order valence-corrected chi connectivity index (χ3v) is 4.64. The number of carboxylic acids is 1. The quantitative estimate of drug-likeness (QED) is 0.942. The van der Waals surface area contributed by atoms with Crippen molar-refractivity contribution < 1.29 is 9.90 Å². The molecule has 0 radical (unpaired) electrons. The van der Waals surface area contributed by atoms with Gasteiger partial charge < -0.3 is 5.11 Å². The SMILES string of the molecule is O=C(O)c1ccc(C2CCCN(Cc3cscn3)C2)cc1. The van der Waals surface area contributed by atoms with Gasteiger partial charge in [0.15, 0.2) is 0 Å². The molecule has 1 aliphatic heterocycles. The summed E-state index contributed by atoms with van der Waals surface area (Å²) in [5.74, 6) is -0.379. The van der Waals surface area contributed by atoms with E-state index in [4.69, 9.17) is 5.11 Å². The summed E-state index contributed by atoms with van der Waals surface area (Å²) in [6, 6.07) is 7.33. The molecule has 1 fully saturated rings. The van der Waals surface area contributed by atoms with E-state index in [2.05, 4.69) is 15.3 Å². The molecular weight excluding hydrogens is 284 g/mol. The molecule has 2 heterocycles. The van der Waals surface area contributed by atoms with Crippen molar-refractivity contribution in [2.75, 3.05) is 13.1 Å². The van der Waals surface area contributed by atoms with E-state index in [1.807, 2.05) is 17.6 Å². The van der Waals surface area contributed by atoms with Gasteiger partial charge in [-0.2, -0.15) is 0 Å². The van der Waals surface area contributed by atoms with Gasteiger partial charge in [-0.05, 0) is 43.0 Å². The molecule has 1 aliphatic rings. The number of carbonyl (C=O) groups is 1. The van der Waals surface area contributed by atoms with Crippen molar-refractivity contribution in [3.8, 4) is 0 Å². The number of aromatic carboxylic acids is 1. The summed E-state index contributed by atoms with van der Waals surface area (Å²) in [5.41, 5.74) is 4.61. The Bertz CT molecular complexity index is 595. The van der Waals surface area contributed by atoms with E-state index in [-0.39, 0.29) is 0 Å². The molecule has 1 unspecified atom stereocenters. The molecule has 1 atom stereocenters. The summed E-state index contributed by atoms with van der Waals surface area (Å²) in [6.45, 7) is 3.04. The van der Waals surface area contributed by atoms with Crippen LogP contribution in [0.2, 0.25) is 0 Å². The molecule has 21 heavy (non-hydrogen) atoms. The molecule has 0 bridgehead atoms. The van der Waals surface area contributed by atoms with Crippen LogP contribution in [0.1, 0.15) is 40.4 Å². The van der Waals surface area contributed by atoms with Crippen molar-refractivity contribution in [2.45, 2.75) is 25.3 Å². The summed E-state index contributed by atoms with van der Waals surface area (Å²) in [5, 5.41) is 11.1. The second-order valence-corrected chi connectivity index (χ2v) is 6.20. The first kappa shape index (κ1) is 14.2. The highest BCUT2D eigenvalue weighted by Gasteiger charge is 2.21. The minimum Gasteiger partial charge on any atom is -0.478 e. The first-order valence-electron chi connectivity index (χ1n) is 7.15.